The first-order chi connectivity index (χ1) is 14.6. The molecule has 0 bridgehead atoms. The van der Waals surface area contributed by atoms with Crippen LogP contribution in [0, 0.1) is 6.92 Å². The summed E-state index contributed by atoms with van der Waals surface area (Å²) in [6.07, 6.45) is 5.39. The molecule has 0 unspecified atom stereocenters. The fraction of sp³-hybridized carbons (Fsp3) is 0.478. The van der Waals surface area contributed by atoms with Crippen molar-refractivity contribution >= 4 is 23.6 Å². The lowest BCUT2D eigenvalue weighted by Crippen LogP contribution is -2.36. The van der Waals surface area contributed by atoms with Crippen molar-refractivity contribution in [3.8, 4) is 0 Å². The molecule has 1 saturated heterocycles. The maximum Gasteiger partial charge on any atom is 0.244 e. The summed E-state index contributed by atoms with van der Waals surface area (Å²) in [4.78, 5) is 14.8. The average molecular weight is 431 g/mol. The van der Waals surface area contributed by atoms with Crippen LogP contribution in [0.15, 0.2) is 30.3 Å². The van der Waals surface area contributed by atoms with Crippen LogP contribution in [0.4, 0.5) is 0 Å². The second-order valence-corrected chi connectivity index (χ2v) is 7.93. The van der Waals surface area contributed by atoms with Gasteiger partial charge < -0.3 is 10.1 Å². The molecule has 6 nitrogen and oxygen atoms in total. The van der Waals surface area contributed by atoms with Crippen molar-refractivity contribution < 1.29 is 9.53 Å². The Balaban J connectivity index is 1.58. The van der Waals surface area contributed by atoms with E-state index in [2.05, 4.69) is 34.4 Å². The number of halogens is 1. The van der Waals surface area contributed by atoms with Crippen molar-refractivity contribution in [3.05, 3.63) is 57.9 Å². The predicted octanol–water partition coefficient (Wildman–Crippen LogP) is 3.81. The Morgan fingerprint density at radius 1 is 1.27 bits per heavy atom. The Morgan fingerprint density at radius 2 is 2.00 bits per heavy atom. The van der Waals surface area contributed by atoms with Crippen molar-refractivity contribution in [3.63, 3.8) is 0 Å². The molecule has 1 aliphatic rings. The highest BCUT2D eigenvalue weighted by atomic mass is 35.5. The summed E-state index contributed by atoms with van der Waals surface area (Å²) in [5.41, 5.74) is 4.00. The molecule has 30 heavy (non-hydrogen) atoms. The molecule has 0 saturated carbocycles. The van der Waals surface area contributed by atoms with Gasteiger partial charge in [-0.2, -0.15) is 5.10 Å². The topological polar surface area (TPSA) is 59.4 Å². The summed E-state index contributed by atoms with van der Waals surface area (Å²) in [5.74, 6) is -0.145. The number of amides is 1. The van der Waals surface area contributed by atoms with Gasteiger partial charge in [0, 0.05) is 44.4 Å². The van der Waals surface area contributed by atoms with Gasteiger partial charge in [0.1, 0.15) is 5.15 Å². The molecule has 0 atom stereocenters. The van der Waals surface area contributed by atoms with Crippen LogP contribution in [-0.2, 0) is 29.2 Å². The number of hydrogen-bond acceptors (Lipinski definition) is 4. The van der Waals surface area contributed by atoms with Gasteiger partial charge in [-0.05, 0) is 30.5 Å². The molecule has 0 radical (unpaired) electrons. The summed E-state index contributed by atoms with van der Waals surface area (Å²) in [6, 6.07) is 8.25. The molecule has 1 N–H and O–H groups in total. The molecule has 1 fully saturated rings. The number of rotatable bonds is 9. The van der Waals surface area contributed by atoms with Gasteiger partial charge in [-0.15, -0.1) is 0 Å². The Bertz CT molecular complexity index is 872. The van der Waals surface area contributed by atoms with Crippen LogP contribution in [0.5, 0.6) is 0 Å². The van der Waals surface area contributed by atoms with Crippen LogP contribution in [0.2, 0.25) is 5.15 Å². The van der Waals surface area contributed by atoms with E-state index in [0.29, 0.717) is 11.7 Å². The molecule has 0 spiro atoms. The van der Waals surface area contributed by atoms with Crippen LogP contribution in [0.25, 0.3) is 6.08 Å². The van der Waals surface area contributed by atoms with E-state index in [1.54, 1.807) is 10.8 Å². The van der Waals surface area contributed by atoms with Gasteiger partial charge in [0.25, 0.3) is 0 Å². The third-order valence-electron chi connectivity index (χ3n) is 5.30. The molecule has 1 aliphatic heterocycles. The first-order valence-electron chi connectivity index (χ1n) is 10.6. The van der Waals surface area contributed by atoms with E-state index in [0.717, 1.165) is 69.1 Å². The third-order valence-corrected chi connectivity index (χ3v) is 5.70. The molecular formula is C23H31ClN4O2. The van der Waals surface area contributed by atoms with Crippen LogP contribution in [0.1, 0.15) is 42.1 Å². The Morgan fingerprint density at radius 3 is 2.73 bits per heavy atom. The average Bonchev–Trinajstić information content (AvgIpc) is 3.03. The molecule has 2 heterocycles. The van der Waals surface area contributed by atoms with Crippen molar-refractivity contribution in [1.29, 1.82) is 0 Å². The smallest absolute Gasteiger partial charge is 0.244 e. The normalized spacial score (nSPS) is 15.0. The molecular weight excluding hydrogens is 400 g/mol. The molecule has 1 aromatic heterocycles. The minimum atomic E-state index is -0.145. The van der Waals surface area contributed by atoms with Gasteiger partial charge in [-0.1, -0.05) is 49.2 Å². The number of aryl methyl sites for hydroxylation is 2. The number of carbonyl (C=O) groups excluding carboxylic acids is 1. The zero-order chi connectivity index (χ0) is 21.3. The van der Waals surface area contributed by atoms with Crippen molar-refractivity contribution in [2.45, 2.75) is 46.3 Å². The molecule has 1 aromatic carbocycles. The zero-order valence-electron chi connectivity index (χ0n) is 17.9. The lowest BCUT2D eigenvalue weighted by molar-refractivity contribution is -0.116. The van der Waals surface area contributed by atoms with Crippen molar-refractivity contribution in [2.75, 3.05) is 26.3 Å². The number of carbonyl (C=O) groups is 1. The van der Waals surface area contributed by atoms with Crippen molar-refractivity contribution in [1.82, 2.24) is 20.0 Å². The van der Waals surface area contributed by atoms with E-state index in [1.165, 1.54) is 11.6 Å². The number of ether oxygens (including phenoxy) is 1. The molecule has 3 rings (SSSR count). The molecule has 7 heteroatoms. The lowest BCUT2D eigenvalue weighted by Gasteiger charge is -2.27. The summed E-state index contributed by atoms with van der Waals surface area (Å²) in [7, 11) is 0. The van der Waals surface area contributed by atoms with Gasteiger partial charge in [0.2, 0.25) is 5.91 Å². The molecule has 1 amide bonds. The van der Waals surface area contributed by atoms with E-state index in [9.17, 15) is 4.79 Å². The predicted molar refractivity (Wildman–Crippen MR) is 120 cm³/mol. The summed E-state index contributed by atoms with van der Waals surface area (Å²) < 4.78 is 7.23. The van der Waals surface area contributed by atoms with Gasteiger partial charge in [-0.3, -0.25) is 14.4 Å². The summed E-state index contributed by atoms with van der Waals surface area (Å²) >= 11 is 6.44. The number of nitrogens with one attached hydrogen (secondary N) is 1. The molecule has 2 aromatic rings. The Kier molecular flexibility index (Phi) is 8.49. The van der Waals surface area contributed by atoms with Crippen molar-refractivity contribution in [2.24, 2.45) is 0 Å². The Hall–Kier alpha value is -2.15. The van der Waals surface area contributed by atoms with Crippen LogP contribution in [-0.4, -0.2) is 46.9 Å². The van der Waals surface area contributed by atoms with E-state index in [1.807, 2.05) is 19.1 Å². The largest absolute Gasteiger partial charge is 0.379 e. The van der Waals surface area contributed by atoms with Gasteiger partial charge in [0.15, 0.2) is 0 Å². The highest BCUT2D eigenvalue weighted by Crippen LogP contribution is 2.21. The standard InChI is InChI=1S/C23H31ClN4O2/c1-3-4-11-28-23(24)21(18(2)26-28)9-10-22(29)25-16-19-7-5-6-8-20(19)17-27-12-14-30-15-13-27/h5-10H,3-4,11-17H2,1-2H3,(H,25,29)/b10-9+. The number of nitrogens with zero attached hydrogens (tertiary/aromatic N) is 3. The number of unbranched alkanes of at least 4 members (excludes halogenated alkanes) is 1. The summed E-state index contributed by atoms with van der Waals surface area (Å²) in [6.45, 7) is 9.63. The Labute approximate surface area is 183 Å². The fourth-order valence-electron chi connectivity index (χ4n) is 3.50. The summed E-state index contributed by atoms with van der Waals surface area (Å²) in [5, 5.41) is 8.05. The van der Waals surface area contributed by atoms with E-state index < -0.39 is 0 Å². The second kappa shape index (κ2) is 11.3. The first kappa shape index (κ1) is 22.5. The highest BCUT2D eigenvalue weighted by Gasteiger charge is 2.13. The van der Waals surface area contributed by atoms with E-state index >= 15 is 0 Å². The fourth-order valence-corrected chi connectivity index (χ4v) is 3.82. The van der Waals surface area contributed by atoms with E-state index in [4.69, 9.17) is 16.3 Å². The number of morpholine rings is 1. The van der Waals surface area contributed by atoms with Crippen LogP contribution < -0.4 is 5.32 Å². The molecule has 162 valence electrons. The first-order valence-corrected chi connectivity index (χ1v) is 11.0. The third kappa shape index (κ3) is 6.17. The van der Waals surface area contributed by atoms with Gasteiger partial charge >= 0.3 is 0 Å². The van der Waals surface area contributed by atoms with E-state index in [-0.39, 0.29) is 5.91 Å². The number of aromatic nitrogens is 2. The molecule has 0 aliphatic carbocycles. The second-order valence-electron chi connectivity index (χ2n) is 7.57. The maximum absolute atomic E-state index is 12.4. The maximum atomic E-state index is 12.4. The minimum Gasteiger partial charge on any atom is -0.379 e. The lowest BCUT2D eigenvalue weighted by atomic mass is 10.1. The zero-order valence-corrected chi connectivity index (χ0v) is 18.6. The quantitative estimate of drug-likeness (QED) is 0.614. The van der Waals surface area contributed by atoms with Gasteiger partial charge in [-0.25, -0.2) is 0 Å². The van der Waals surface area contributed by atoms with Crippen LogP contribution >= 0.6 is 11.6 Å². The minimum absolute atomic E-state index is 0.145. The van der Waals surface area contributed by atoms with Gasteiger partial charge in [0.05, 0.1) is 18.9 Å². The highest BCUT2D eigenvalue weighted by molar-refractivity contribution is 6.31. The van der Waals surface area contributed by atoms with Crippen LogP contribution in [0.3, 0.4) is 0 Å². The SMILES string of the molecule is CCCCn1nc(C)c(/C=C/C(=O)NCc2ccccc2CN2CCOCC2)c1Cl. The number of benzene rings is 1. The number of hydrogen-bond donors (Lipinski definition) is 1. The monoisotopic (exact) mass is 430 g/mol.